The van der Waals surface area contributed by atoms with Gasteiger partial charge in [-0.15, -0.1) is 0 Å². The fraction of sp³-hybridized carbons (Fsp3) is 0.650. The Kier molecular flexibility index (Phi) is 6.75. The van der Waals surface area contributed by atoms with Gasteiger partial charge in [0.05, 0.1) is 23.4 Å². The molecule has 0 aromatic heterocycles. The first-order chi connectivity index (χ1) is 13.3. The molecule has 8 heteroatoms. The number of nitrogens with one attached hydrogen (secondary N) is 1. The van der Waals surface area contributed by atoms with Gasteiger partial charge in [-0.3, -0.25) is 4.79 Å². The molecule has 156 valence electrons. The molecule has 2 fully saturated rings. The Morgan fingerprint density at radius 1 is 1.14 bits per heavy atom. The molecular formula is C20H30N2O5S. The molecule has 7 nitrogen and oxygen atoms in total. The molecule has 0 unspecified atom stereocenters. The zero-order valence-corrected chi connectivity index (χ0v) is 17.4. The molecule has 0 radical (unpaired) electrons. The maximum atomic E-state index is 13.1. The number of hydrogen-bond acceptors (Lipinski definition) is 5. The highest BCUT2D eigenvalue weighted by atomic mass is 32.2. The van der Waals surface area contributed by atoms with Crippen LogP contribution in [0.3, 0.4) is 0 Å². The number of carbonyl (C=O) groups is 1. The van der Waals surface area contributed by atoms with Gasteiger partial charge < -0.3 is 14.8 Å². The minimum absolute atomic E-state index is 0.0940. The summed E-state index contributed by atoms with van der Waals surface area (Å²) in [4.78, 5) is 13.1. The van der Waals surface area contributed by atoms with Crippen LogP contribution in [0, 0.1) is 0 Å². The minimum Gasteiger partial charge on any atom is -0.381 e. The zero-order valence-electron chi connectivity index (χ0n) is 16.6. The lowest BCUT2D eigenvalue weighted by Crippen LogP contribution is -2.51. The Labute approximate surface area is 167 Å². The van der Waals surface area contributed by atoms with E-state index in [9.17, 15) is 13.2 Å². The lowest BCUT2D eigenvalue weighted by Gasteiger charge is -2.36. The number of amides is 1. The molecule has 1 aromatic rings. The Morgan fingerprint density at radius 2 is 1.75 bits per heavy atom. The highest BCUT2D eigenvalue weighted by Gasteiger charge is 2.41. The monoisotopic (exact) mass is 410 g/mol. The van der Waals surface area contributed by atoms with E-state index in [0.717, 1.165) is 5.56 Å². The molecule has 2 heterocycles. The lowest BCUT2D eigenvalue weighted by atomic mass is 9.73. The second kappa shape index (κ2) is 8.90. The van der Waals surface area contributed by atoms with Gasteiger partial charge in [0, 0.05) is 32.8 Å². The van der Waals surface area contributed by atoms with E-state index >= 15 is 0 Å². The molecular weight excluding hydrogens is 380 g/mol. The Bertz CT molecular complexity index is 752. The lowest BCUT2D eigenvalue weighted by molar-refractivity contribution is -0.130. The molecule has 0 spiro atoms. The summed E-state index contributed by atoms with van der Waals surface area (Å²) in [5, 5.41) is 2.88. The molecule has 1 amide bonds. The van der Waals surface area contributed by atoms with Crippen molar-refractivity contribution < 1.29 is 22.7 Å². The summed E-state index contributed by atoms with van der Waals surface area (Å²) in [5.41, 5.74) is 0.292. The van der Waals surface area contributed by atoms with Crippen molar-refractivity contribution in [3.05, 3.63) is 35.9 Å². The van der Waals surface area contributed by atoms with Crippen molar-refractivity contribution in [3.63, 3.8) is 0 Å². The van der Waals surface area contributed by atoms with Crippen molar-refractivity contribution in [2.75, 3.05) is 38.6 Å². The van der Waals surface area contributed by atoms with Crippen LogP contribution in [0.25, 0.3) is 0 Å². The number of rotatable bonds is 6. The minimum atomic E-state index is -3.45. The van der Waals surface area contributed by atoms with Crippen LogP contribution in [0.5, 0.6) is 0 Å². The maximum absolute atomic E-state index is 13.1. The van der Waals surface area contributed by atoms with Crippen molar-refractivity contribution in [1.29, 1.82) is 0 Å². The topological polar surface area (TPSA) is 84.9 Å². The van der Waals surface area contributed by atoms with Gasteiger partial charge in [-0.2, -0.15) is 4.31 Å². The summed E-state index contributed by atoms with van der Waals surface area (Å²) in [7, 11) is -3.45. The van der Waals surface area contributed by atoms with E-state index in [1.54, 1.807) is 0 Å². The standard InChI is InChI=1S/C20H30N2O5S/c1-16-14-22(15-17(2)27-16)28(24,25)13-10-21-19(23)20(8-11-26-12-9-20)18-6-4-3-5-7-18/h3-7,16-17H,8-15H2,1-2H3,(H,21,23)/t16-,17+. The molecule has 3 rings (SSSR count). The van der Waals surface area contributed by atoms with Crippen molar-refractivity contribution >= 4 is 15.9 Å². The molecule has 2 saturated heterocycles. The van der Waals surface area contributed by atoms with E-state index in [-0.39, 0.29) is 30.4 Å². The highest BCUT2D eigenvalue weighted by Crippen LogP contribution is 2.35. The average Bonchev–Trinajstić information content (AvgIpc) is 2.68. The first-order valence-corrected chi connectivity index (χ1v) is 11.5. The summed E-state index contributed by atoms with van der Waals surface area (Å²) in [5.74, 6) is -0.236. The van der Waals surface area contributed by atoms with E-state index in [2.05, 4.69) is 5.32 Å². The van der Waals surface area contributed by atoms with Gasteiger partial charge in [0.25, 0.3) is 0 Å². The van der Waals surface area contributed by atoms with Crippen LogP contribution in [-0.4, -0.2) is 69.4 Å². The average molecular weight is 411 g/mol. The number of nitrogens with zero attached hydrogens (tertiary/aromatic N) is 1. The maximum Gasteiger partial charge on any atom is 0.230 e. The Hall–Kier alpha value is -1.48. The number of morpholine rings is 1. The van der Waals surface area contributed by atoms with Crippen molar-refractivity contribution in [3.8, 4) is 0 Å². The molecule has 2 aliphatic heterocycles. The second-order valence-electron chi connectivity index (χ2n) is 7.71. The van der Waals surface area contributed by atoms with Crippen LogP contribution >= 0.6 is 0 Å². The molecule has 1 N–H and O–H groups in total. The fourth-order valence-electron chi connectivity index (χ4n) is 4.07. The number of ether oxygens (including phenoxy) is 2. The summed E-state index contributed by atoms with van der Waals surface area (Å²) >= 11 is 0. The fourth-order valence-corrected chi connectivity index (χ4v) is 5.57. The highest BCUT2D eigenvalue weighted by molar-refractivity contribution is 7.89. The normalized spacial score (nSPS) is 25.9. The van der Waals surface area contributed by atoms with E-state index in [1.807, 2.05) is 44.2 Å². The molecule has 0 aliphatic carbocycles. The Morgan fingerprint density at radius 3 is 2.36 bits per heavy atom. The predicted octanol–water partition coefficient (Wildman–Crippen LogP) is 1.29. The summed E-state index contributed by atoms with van der Waals surface area (Å²) < 4.78 is 37.9. The predicted molar refractivity (Wildman–Crippen MR) is 107 cm³/mol. The van der Waals surface area contributed by atoms with Gasteiger partial charge in [0.2, 0.25) is 15.9 Å². The number of hydrogen-bond donors (Lipinski definition) is 1. The molecule has 0 bridgehead atoms. The van der Waals surface area contributed by atoms with Crippen LogP contribution in [0.2, 0.25) is 0 Å². The van der Waals surface area contributed by atoms with E-state index < -0.39 is 15.4 Å². The van der Waals surface area contributed by atoms with Gasteiger partial charge in [0.1, 0.15) is 0 Å². The largest absolute Gasteiger partial charge is 0.381 e. The quantitative estimate of drug-likeness (QED) is 0.764. The summed E-state index contributed by atoms with van der Waals surface area (Å²) in [6.45, 7) is 5.58. The first-order valence-electron chi connectivity index (χ1n) is 9.88. The van der Waals surface area contributed by atoms with Crippen LogP contribution < -0.4 is 5.32 Å². The Balaban J connectivity index is 1.63. The van der Waals surface area contributed by atoms with Gasteiger partial charge >= 0.3 is 0 Å². The van der Waals surface area contributed by atoms with E-state index in [0.29, 0.717) is 39.1 Å². The van der Waals surface area contributed by atoms with Crippen LogP contribution in [0.1, 0.15) is 32.3 Å². The smallest absolute Gasteiger partial charge is 0.230 e. The van der Waals surface area contributed by atoms with E-state index in [1.165, 1.54) is 4.31 Å². The molecule has 1 aromatic carbocycles. The van der Waals surface area contributed by atoms with E-state index in [4.69, 9.17) is 9.47 Å². The van der Waals surface area contributed by atoms with Crippen molar-refractivity contribution in [1.82, 2.24) is 9.62 Å². The molecule has 0 saturated carbocycles. The van der Waals surface area contributed by atoms with Crippen LogP contribution in [-0.2, 0) is 29.7 Å². The van der Waals surface area contributed by atoms with Gasteiger partial charge in [-0.1, -0.05) is 30.3 Å². The molecule has 2 atom stereocenters. The van der Waals surface area contributed by atoms with Gasteiger partial charge in [-0.05, 0) is 32.3 Å². The summed E-state index contributed by atoms with van der Waals surface area (Å²) in [6.07, 6.45) is 0.927. The SMILES string of the molecule is C[C@@H]1CN(S(=O)(=O)CCNC(=O)C2(c3ccccc3)CCOCC2)C[C@H](C)O1. The van der Waals surface area contributed by atoms with Crippen molar-refractivity contribution in [2.45, 2.75) is 44.3 Å². The third kappa shape index (κ3) is 4.74. The number of benzene rings is 1. The van der Waals surface area contributed by atoms with Gasteiger partial charge in [-0.25, -0.2) is 8.42 Å². The van der Waals surface area contributed by atoms with Crippen LogP contribution in [0.4, 0.5) is 0 Å². The summed E-state index contributed by atoms with van der Waals surface area (Å²) in [6, 6.07) is 9.68. The third-order valence-electron chi connectivity index (χ3n) is 5.53. The zero-order chi connectivity index (χ0) is 20.2. The first kappa shape index (κ1) is 21.2. The van der Waals surface area contributed by atoms with Crippen molar-refractivity contribution in [2.24, 2.45) is 0 Å². The number of sulfonamides is 1. The van der Waals surface area contributed by atoms with Crippen LogP contribution in [0.15, 0.2) is 30.3 Å². The molecule has 2 aliphatic rings. The second-order valence-corrected chi connectivity index (χ2v) is 9.80. The third-order valence-corrected chi connectivity index (χ3v) is 7.34. The number of carbonyl (C=O) groups excluding carboxylic acids is 1. The van der Waals surface area contributed by atoms with Gasteiger partial charge in [0.15, 0.2) is 0 Å². The molecule has 28 heavy (non-hydrogen) atoms.